The molecule has 2 amide bonds. The largest absolute Gasteiger partial charge is 0.713 e. The lowest BCUT2D eigenvalue weighted by Crippen LogP contribution is -2.38. The van der Waals surface area contributed by atoms with Crippen LogP contribution in [0, 0.1) is 0 Å². The van der Waals surface area contributed by atoms with Gasteiger partial charge in [-0.15, -0.1) is 0 Å². The first-order valence-corrected chi connectivity index (χ1v) is 7.39. The Hall–Kier alpha value is -2.51. The summed E-state index contributed by atoms with van der Waals surface area (Å²) in [4.78, 5) is 11.7. The van der Waals surface area contributed by atoms with Crippen LogP contribution in [-0.4, -0.2) is 26.5 Å². The molecule has 0 atom stereocenters. The lowest BCUT2D eigenvalue weighted by molar-refractivity contribution is 0.118. The Labute approximate surface area is 134 Å². The molecule has 2 N–H and O–H groups in total. The van der Waals surface area contributed by atoms with E-state index < -0.39 is 7.32 Å². The van der Waals surface area contributed by atoms with E-state index in [9.17, 15) is 4.79 Å². The third kappa shape index (κ3) is 4.48. The van der Waals surface area contributed by atoms with Gasteiger partial charge in [-0.2, -0.15) is 0 Å². The molecule has 23 heavy (non-hydrogen) atoms. The van der Waals surface area contributed by atoms with Crippen LogP contribution in [0.2, 0.25) is 0 Å². The van der Waals surface area contributed by atoms with E-state index in [2.05, 4.69) is 10.6 Å². The SMILES string of the molecule is O=C(NCCOB1OCc2ccccc2O1)Nc1ccccc1. The van der Waals surface area contributed by atoms with Crippen LogP contribution in [0.1, 0.15) is 5.56 Å². The molecule has 0 fully saturated rings. The summed E-state index contributed by atoms with van der Waals surface area (Å²) >= 11 is 0. The van der Waals surface area contributed by atoms with Crippen molar-refractivity contribution < 1.29 is 18.8 Å². The second-order valence-electron chi connectivity index (χ2n) is 4.94. The van der Waals surface area contributed by atoms with Crippen molar-refractivity contribution in [1.29, 1.82) is 0 Å². The molecular formula is C16H17BN2O4. The van der Waals surface area contributed by atoms with Crippen LogP contribution < -0.4 is 15.3 Å². The molecule has 1 aliphatic heterocycles. The van der Waals surface area contributed by atoms with Crippen LogP contribution >= 0.6 is 0 Å². The number of hydrogen-bond acceptors (Lipinski definition) is 4. The predicted octanol–water partition coefficient (Wildman–Crippen LogP) is 2.42. The summed E-state index contributed by atoms with van der Waals surface area (Å²) in [5.74, 6) is 0.763. The quantitative estimate of drug-likeness (QED) is 0.657. The molecule has 0 aliphatic carbocycles. The Balaban J connectivity index is 1.35. The maximum atomic E-state index is 11.7. The third-order valence-corrected chi connectivity index (χ3v) is 3.24. The molecule has 0 aromatic heterocycles. The van der Waals surface area contributed by atoms with Crippen molar-refractivity contribution in [3.05, 3.63) is 60.2 Å². The predicted molar refractivity (Wildman–Crippen MR) is 87.0 cm³/mol. The fourth-order valence-electron chi connectivity index (χ4n) is 2.13. The maximum absolute atomic E-state index is 11.7. The summed E-state index contributed by atoms with van der Waals surface area (Å²) in [7, 11) is -0.746. The molecule has 0 saturated carbocycles. The van der Waals surface area contributed by atoms with Crippen molar-refractivity contribution in [2.45, 2.75) is 6.61 Å². The van der Waals surface area contributed by atoms with E-state index in [-0.39, 0.29) is 12.6 Å². The van der Waals surface area contributed by atoms with Crippen molar-refractivity contribution in [1.82, 2.24) is 5.32 Å². The summed E-state index contributed by atoms with van der Waals surface area (Å²) in [5.41, 5.74) is 1.73. The zero-order chi connectivity index (χ0) is 15.9. The molecule has 0 radical (unpaired) electrons. The van der Waals surface area contributed by atoms with Gasteiger partial charge in [-0.25, -0.2) is 4.79 Å². The van der Waals surface area contributed by atoms with E-state index in [4.69, 9.17) is 14.0 Å². The molecule has 118 valence electrons. The fourth-order valence-corrected chi connectivity index (χ4v) is 2.13. The zero-order valence-corrected chi connectivity index (χ0v) is 12.5. The highest BCUT2D eigenvalue weighted by molar-refractivity contribution is 6.37. The highest BCUT2D eigenvalue weighted by Crippen LogP contribution is 2.24. The number of rotatable bonds is 5. The summed E-state index contributed by atoms with van der Waals surface area (Å²) < 4.78 is 16.4. The Kier molecular flexibility index (Phi) is 5.13. The van der Waals surface area contributed by atoms with Gasteiger partial charge in [0.25, 0.3) is 0 Å². The molecule has 0 unspecified atom stereocenters. The average Bonchev–Trinajstić information content (AvgIpc) is 2.59. The lowest BCUT2D eigenvalue weighted by Gasteiger charge is -2.22. The summed E-state index contributed by atoms with van der Waals surface area (Å²) in [5, 5.41) is 5.43. The van der Waals surface area contributed by atoms with Gasteiger partial charge in [0, 0.05) is 17.8 Å². The van der Waals surface area contributed by atoms with E-state index in [1.165, 1.54) is 0 Å². The third-order valence-electron chi connectivity index (χ3n) is 3.24. The molecule has 0 spiro atoms. The van der Waals surface area contributed by atoms with Crippen LogP contribution in [0.25, 0.3) is 0 Å². The van der Waals surface area contributed by atoms with Gasteiger partial charge in [0.2, 0.25) is 0 Å². The number of nitrogens with one attached hydrogen (secondary N) is 2. The first-order chi connectivity index (χ1) is 11.3. The first kappa shape index (κ1) is 15.4. The van der Waals surface area contributed by atoms with Gasteiger partial charge in [-0.1, -0.05) is 36.4 Å². The van der Waals surface area contributed by atoms with Crippen LogP contribution in [-0.2, 0) is 15.9 Å². The van der Waals surface area contributed by atoms with Gasteiger partial charge in [0.15, 0.2) is 0 Å². The molecular weight excluding hydrogens is 295 g/mol. The van der Waals surface area contributed by atoms with Gasteiger partial charge in [-0.05, 0) is 18.2 Å². The molecule has 0 saturated heterocycles. The van der Waals surface area contributed by atoms with Crippen molar-refractivity contribution in [3.8, 4) is 5.75 Å². The molecule has 3 rings (SSSR count). The fraction of sp³-hybridized carbons (Fsp3) is 0.188. The van der Waals surface area contributed by atoms with E-state index >= 15 is 0 Å². The number of carbonyl (C=O) groups excluding carboxylic acids is 1. The Morgan fingerprint density at radius 3 is 2.78 bits per heavy atom. The first-order valence-electron chi connectivity index (χ1n) is 7.39. The molecule has 0 bridgehead atoms. The number of anilines is 1. The van der Waals surface area contributed by atoms with E-state index in [1.54, 1.807) is 0 Å². The molecule has 7 heteroatoms. The number of fused-ring (bicyclic) bond motifs is 1. The number of benzene rings is 2. The van der Waals surface area contributed by atoms with Crippen molar-refractivity contribution in [2.24, 2.45) is 0 Å². The normalized spacial score (nSPS) is 13.0. The minimum absolute atomic E-state index is 0.282. The van der Waals surface area contributed by atoms with Crippen molar-refractivity contribution >= 4 is 19.0 Å². The Morgan fingerprint density at radius 1 is 1.13 bits per heavy atom. The van der Waals surface area contributed by atoms with Gasteiger partial charge in [-0.3, -0.25) is 0 Å². The molecule has 1 heterocycles. The van der Waals surface area contributed by atoms with Crippen molar-refractivity contribution in [2.75, 3.05) is 18.5 Å². The molecule has 2 aromatic carbocycles. The minimum atomic E-state index is -0.746. The highest BCUT2D eigenvalue weighted by Gasteiger charge is 2.29. The molecule has 6 nitrogen and oxygen atoms in total. The average molecular weight is 312 g/mol. The van der Waals surface area contributed by atoms with Crippen LogP contribution in [0.4, 0.5) is 10.5 Å². The summed E-state index contributed by atoms with van der Waals surface area (Å²) in [6.45, 7) is 1.08. The van der Waals surface area contributed by atoms with Crippen LogP contribution in [0.15, 0.2) is 54.6 Å². The maximum Gasteiger partial charge on any atom is 0.713 e. The summed E-state index contributed by atoms with van der Waals surface area (Å²) in [6, 6.07) is 16.6. The Morgan fingerprint density at radius 2 is 1.91 bits per heavy atom. The monoisotopic (exact) mass is 312 g/mol. The van der Waals surface area contributed by atoms with Gasteiger partial charge in [0.1, 0.15) is 5.75 Å². The number of hydrogen-bond donors (Lipinski definition) is 2. The molecule has 1 aliphatic rings. The van der Waals surface area contributed by atoms with Gasteiger partial charge >= 0.3 is 13.4 Å². The summed E-state index contributed by atoms with van der Waals surface area (Å²) in [6.07, 6.45) is 0. The molecule has 2 aromatic rings. The second kappa shape index (κ2) is 7.67. The standard InChI is InChI=1S/C16H17BN2O4/c20-16(19-14-7-2-1-3-8-14)18-10-11-21-17-22-12-13-6-4-5-9-15(13)23-17/h1-9H,10-12H2,(H2,18,19,20). The zero-order valence-electron chi connectivity index (χ0n) is 12.5. The lowest BCUT2D eigenvalue weighted by atomic mass is 10.1. The van der Waals surface area contributed by atoms with Crippen LogP contribution in [0.3, 0.4) is 0 Å². The van der Waals surface area contributed by atoms with Crippen LogP contribution in [0.5, 0.6) is 5.75 Å². The van der Waals surface area contributed by atoms with Gasteiger partial charge < -0.3 is 24.6 Å². The number of amides is 2. The minimum Gasteiger partial charge on any atom is -0.511 e. The van der Waals surface area contributed by atoms with Crippen molar-refractivity contribution in [3.63, 3.8) is 0 Å². The second-order valence-corrected chi connectivity index (χ2v) is 4.94. The van der Waals surface area contributed by atoms with E-state index in [1.807, 2.05) is 54.6 Å². The number of para-hydroxylation sites is 2. The smallest absolute Gasteiger partial charge is 0.511 e. The topological polar surface area (TPSA) is 68.8 Å². The van der Waals surface area contributed by atoms with E-state index in [0.717, 1.165) is 17.0 Å². The Bertz CT molecular complexity index is 654. The number of carbonyl (C=O) groups is 1. The highest BCUT2D eigenvalue weighted by atomic mass is 16.7. The van der Waals surface area contributed by atoms with Gasteiger partial charge in [0.05, 0.1) is 13.2 Å². The van der Waals surface area contributed by atoms with E-state index in [0.29, 0.717) is 13.2 Å². The number of urea groups is 1.